The zero-order valence-electron chi connectivity index (χ0n) is 20.5. The number of likely N-dealkylation sites (tertiary alicyclic amines) is 1. The standard InChI is InChI=1S/C26H29N3O5S2/c1-10(2)19(25(32)33)29-23(30)17-13-9-14(18(17)24(29)31)20-16(13)15(21-22(35-20)27-26(34)36-21)11-5-7-12(8-6-11)28(3)4/h5-8,10,13-20H,9H2,1-4H3,(H,27,34)(H,32,33)/t13?,14?,15-,16?,17?,18?,19?,20?/m1/s1. The van der Waals surface area contributed by atoms with Crippen LogP contribution >= 0.6 is 23.1 Å². The largest absolute Gasteiger partial charge is 0.480 e. The summed E-state index contributed by atoms with van der Waals surface area (Å²) in [5, 5.41) is 10.8. The molecule has 0 spiro atoms. The van der Waals surface area contributed by atoms with Crippen LogP contribution in [0.4, 0.5) is 5.69 Å². The molecule has 2 amide bonds. The van der Waals surface area contributed by atoms with Gasteiger partial charge in [0, 0.05) is 35.8 Å². The van der Waals surface area contributed by atoms with Crippen LogP contribution in [-0.4, -0.2) is 58.2 Å². The van der Waals surface area contributed by atoms with E-state index in [1.807, 2.05) is 19.0 Å². The normalized spacial score (nSPS) is 33.0. The summed E-state index contributed by atoms with van der Waals surface area (Å²) >= 11 is 2.88. The van der Waals surface area contributed by atoms with E-state index in [1.54, 1.807) is 25.6 Å². The van der Waals surface area contributed by atoms with E-state index in [1.165, 1.54) is 11.3 Å². The number of imide groups is 1. The van der Waals surface area contributed by atoms with E-state index in [-0.39, 0.29) is 51.5 Å². The monoisotopic (exact) mass is 527 g/mol. The van der Waals surface area contributed by atoms with Gasteiger partial charge in [0.05, 0.1) is 16.9 Å². The number of aromatic nitrogens is 1. The van der Waals surface area contributed by atoms with Gasteiger partial charge in [-0.05, 0) is 47.8 Å². The van der Waals surface area contributed by atoms with Crippen LogP contribution in [0.3, 0.4) is 0 Å². The van der Waals surface area contributed by atoms with Gasteiger partial charge in [0.15, 0.2) is 0 Å². The summed E-state index contributed by atoms with van der Waals surface area (Å²) in [5.41, 5.74) is 2.19. The molecule has 2 aliphatic carbocycles. The van der Waals surface area contributed by atoms with Crippen LogP contribution in [-0.2, 0) is 14.4 Å². The van der Waals surface area contributed by atoms with Crippen molar-refractivity contribution in [2.75, 3.05) is 19.0 Å². The number of carboxylic acids is 1. The molecule has 2 aromatic rings. The second-order valence-electron chi connectivity index (χ2n) is 11.0. The Morgan fingerprint density at radius 1 is 1.08 bits per heavy atom. The van der Waals surface area contributed by atoms with Crippen LogP contribution in [0.2, 0.25) is 0 Å². The predicted octanol–water partition coefficient (Wildman–Crippen LogP) is 3.08. The molecule has 3 fully saturated rings. The van der Waals surface area contributed by atoms with Crippen LogP contribution < -0.4 is 9.77 Å². The van der Waals surface area contributed by atoms with Crippen molar-refractivity contribution in [1.29, 1.82) is 0 Å². The molecule has 4 aliphatic rings. The van der Waals surface area contributed by atoms with Crippen molar-refractivity contribution in [1.82, 2.24) is 9.88 Å². The molecule has 7 unspecified atom stereocenters. The molecule has 6 rings (SSSR count). The number of thioether (sulfide) groups is 1. The molecule has 1 saturated heterocycles. The SMILES string of the molecule is CC(C)C(C(=O)O)N1C(=O)C2C3CC(C2C1=O)C1C3Sc2[nH]c(=O)sc2[C@@H]1c1ccc(N(C)C)cc1. The van der Waals surface area contributed by atoms with Crippen molar-refractivity contribution in [3.05, 3.63) is 44.4 Å². The molecule has 0 radical (unpaired) electrons. The highest BCUT2D eigenvalue weighted by Crippen LogP contribution is 2.68. The number of carbonyl (C=O) groups is 3. The zero-order valence-corrected chi connectivity index (χ0v) is 22.1. The van der Waals surface area contributed by atoms with E-state index in [2.05, 4.69) is 29.2 Å². The number of H-pyrrole nitrogens is 1. The highest BCUT2D eigenvalue weighted by atomic mass is 32.2. The van der Waals surface area contributed by atoms with Gasteiger partial charge in [-0.25, -0.2) is 4.79 Å². The van der Waals surface area contributed by atoms with Crippen LogP contribution in [0, 0.1) is 35.5 Å². The molecule has 2 bridgehead atoms. The van der Waals surface area contributed by atoms with Gasteiger partial charge in [0.2, 0.25) is 11.8 Å². The van der Waals surface area contributed by atoms with Crippen LogP contribution in [0.5, 0.6) is 0 Å². The lowest BCUT2D eigenvalue weighted by molar-refractivity contribution is -0.157. The number of hydrogen-bond acceptors (Lipinski definition) is 7. The molecule has 3 heterocycles. The average Bonchev–Trinajstić information content (AvgIpc) is 3.54. The lowest BCUT2D eigenvalue weighted by Gasteiger charge is -2.43. The van der Waals surface area contributed by atoms with Gasteiger partial charge in [-0.15, -0.1) is 11.8 Å². The molecular weight excluding hydrogens is 498 g/mol. The van der Waals surface area contributed by atoms with Gasteiger partial charge in [0.1, 0.15) is 6.04 Å². The lowest BCUT2D eigenvalue weighted by atomic mass is 9.68. The summed E-state index contributed by atoms with van der Waals surface area (Å²) in [6, 6.07) is 7.22. The Morgan fingerprint density at radius 3 is 2.31 bits per heavy atom. The Morgan fingerprint density at radius 2 is 1.72 bits per heavy atom. The predicted molar refractivity (Wildman–Crippen MR) is 137 cm³/mol. The number of carboxylic acid groups (broad SMARTS) is 1. The maximum atomic E-state index is 13.7. The van der Waals surface area contributed by atoms with E-state index in [9.17, 15) is 24.3 Å². The molecule has 2 aliphatic heterocycles. The van der Waals surface area contributed by atoms with Crippen LogP contribution in [0.25, 0.3) is 0 Å². The van der Waals surface area contributed by atoms with E-state index >= 15 is 0 Å². The molecule has 1 aromatic heterocycles. The molecule has 1 aromatic carbocycles. The summed E-state index contributed by atoms with van der Waals surface area (Å²) in [5.74, 6) is -3.09. The van der Waals surface area contributed by atoms with Gasteiger partial charge in [-0.3, -0.25) is 19.3 Å². The maximum absolute atomic E-state index is 13.7. The van der Waals surface area contributed by atoms with Crippen molar-refractivity contribution in [3.63, 3.8) is 0 Å². The third kappa shape index (κ3) is 3.19. The Balaban J connectivity index is 1.42. The summed E-state index contributed by atoms with van der Waals surface area (Å²) < 4.78 is 0. The fourth-order valence-corrected chi connectivity index (χ4v) is 10.2. The minimum absolute atomic E-state index is 0.0156. The van der Waals surface area contributed by atoms with Gasteiger partial charge in [0.25, 0.3) is 0 Å². The highest BCUT2D eigenvalue weighted by Gasteiger charge is 2.70. The van der Waals surface area contributed by atoms with Gasteiger partial charge >= 0.3 is 10.8 Å². The number of amides is 2. The molecule has 10 heteroatoms. The Kier molecular flexibility index (Phi) is 5.42. The minimum atomic E-state index is -1.14. The molecular formula is C26H29N3O5S2. The maximum Gasteiger partial charge on any atom is 0.327 e. The number of rotatable bonds is 5. The number of hydrogen-bond donors (Lipinski definition) is 2. The van der Waals surface area contributed by atoms with Crippen molar-refractivity contribution in [2.45, 2.75) is 42.5 Å². The lowest BCUT2D eigenvalue weighted by Crippen LogP contribution is -2.49. The number of anilines is 1. The quantitative estimate of drug-likeness (QED) is 0.575. The van der Waals surface area contributed by atoms with Gasteiger partial charge < -0.3 is 15.0 Å². The van der Waals surface area contributed by atoms with Crippen molar-refractivity contribution < 1.29 is 19.5 Å². The number of nitrogens with one attached hydrogen (secondary N) is 1. The zero-order chi connectivity index (χ0) is 25.6. The Hall–Kier alpha value is -2.59. The number of thiazole rings is 1. The molecule has 36 heavy (non-hydrogen) atoms. The smallest absolute Gasteiger partial charge is 0.327 e. The molecule has 8 nitrogen and oxygen atoms in total. The van der Waals surface area contributed by atoms with E-state index in [0.717, 1.165) is 32.5 Å². The minimum Gasteiger partial charge on any atom is -0.480 e. The summed E-state index contributed by atoms with van der Waals surface area (Å²) in [6.45, 7) is 3.47. The Labute approximate surface area is 217 Å². The van der Waals surface area contributed by atoms with Gasteiger partial charge in [-0.1, -0.05) is 37.3 Å². The number of aromatic amines is 1. The third-order valence-electron chi connectivity index (χ3n) is 8.69. The van der Waals surface area contributed by atoms with Gasteiger partial charge in [-0.2, -0.15) is 0 Å². The van der Waals surface area contributed by atoms with Crippen molar-refractivity contribution in [3.8, 4) is 0 Å². The first-order valence-electron chi connectivity index (χ1n) is 12.4. The van der Waals surface area contributed by atoms with Crippen LogP contribution in [0.15, 0.2) is 34.1 Å². The summed E-state index contributed by atoms with van der Waals surface area (Å²) in [4.78, 5) is 58.8. The molecule has 2 N–H and O–H groups in total. The van der Waals surface area contributed by atoms with E-state index in [0.29, 0.717) is 0 Å². The first-order valence-corrected chi connectivity index (χ1v) is 14.1. The highest BCUT2D eigenvalue weighted by molar-refractivity contribution is 8.00. The summed E-state index contributed by atoms with van der Waals surface area (Å²) in [6.07, 6.45) is 0.786. The number of benzene rings is 1. The number of fused-ring (bicyclic) bond motifs is 9. The number of aliphatic carboxylic acids is 1. The fraction of sp³-hybridized carbons (Fsp3) is 0.538. The molecule has 190 valence electrons. The number of carbonyl (C=O) groups excluding carboxylic acids is 2. The van der Waals surface area contributed by atoms with Crippen molar-refractivity contribution in [2.24, 2.45) is 35.5 Å². The topological polar surface area (TPSA) is 111 Å². The number of nitrogens with zero attached hydrogens (tertiary/aromatic N) is 2. The van der Waals surface area contributed by atoms with Crippen LogP contribution in [0.1, 0.15) is 36.6 Å². The third-order valence-corrected chi connectivity index (χ3v) is 11.3. The van der Waals surface area contributed by atoms with E-state index < -0.39 is 23.8 Å². The van der Waals surface area contributed by atoms with E-state index in [4.69, 9.17) is 0 Å². The first kappa shape index (κ1) is 23.8. The fourth-order valence-electron chi connectivity index (χ4n) is 7.36. The second kappa shape index (κ2) is 8.21. The summed E-state index contributed by atoms with van der Waals surface area (Å²) in [7, 11) is 3.98. The van der Waals surface area contributed by atoms with Crippen molar-refractivity contribution >= 4 is 46.6 Å². The average molecular weight is 528 g/mol. The first-order chi connectivity index (χ1) is 17.1. The molecule has 8 atom stereocenters. The second-order valence-corrected chi connectivity index (χ2v) is 13.2. The molecule has 2 saturated carbocycles. The Bertz CT molecular complexity index is 1320.